The SMILES string of the molecule is O=S(O)(=S)OCCNCCCCC1CC2CC[C@H]1C2. The van der Waals surface area contributed by atoms with Gasteiger partial charge >= 0.3 is 0 Å². The normalized spacial score (nSPS) is 32.6. The van der Waals surface area contributed by atoms with Gasteiger partial charge in [-0.25, -0.2) is 0 Å². The van der Waals surface area contributed by atoms with E-state index in [1.54, 1.807) is 0 Å². The zero-order valence-electron chi connectivity index (χ0n) is 11.4. The molecule has 0 aromatic carbocycles. The van der Waals surface area contributed by atoms with Gasteiger partial charge in [-0.3, -0.25) is 8.74 Å². The Hall–Kier alpha value is 0.250. The molecule has 6 heteroatoms. The molecule has 2 aliphatic rings. The van der Waals surface area contributed by atoms with Crippen LogP contribution in [-0.4, -0.2) is 28.5 Å². The number of fused-ring (bicyclic) bond motifs is 2. The molecule has 0 radical (unpaired) electrons. The van der Waals surface area contributed by atoms with Gasteiger partial charge in [0, 0.05) is 17.7 Å². The van der Waals surface area contributed by atoms with Crippen molar-refractivity contribution in [2.75, 3.05) is 19.7 Å². The number of hydrogen-bond acceptors (Lipinski definition) is 4. The van der Waals surface area contributed by atoms with Gasteiger partial charge in [-0.1, -0.05) is 19.3 Å². The van der Waals surface area contributed by atoms with Crippen LogP contribution in [0.2, 0.25) is 0 Å². The molecule has 2 saturated carbocycles. The third-order valence-corrected chi connectivity index (χ3v) is 5.33. The second kappa shape index (κ2) is 7.31. The largest absolute Gasteiger partial charge is 0.314 e. The van der Waals surface area contributed by atoms with Crippen LogP contribution in [0.15, 0.2) is 0 Å². The maximum Gasteiger partial charge on any atom is 0.266 e. The smallest absolute Gasteiger partial charge is 0.266 e. The maximum atomic E-state index is 10.7. The van der Waals surface area contributed by atoms with Gasteiger partial charge in [0.05, 0.1) is 6.61 Å². The van der Waals surface area contributed by atoms with E-state index in [2.05, 4.69) is 20.7 Å². The summed E-state index contributed by atoms with van der Waals surface area (Å²) in [5, 5.41) is 3.21. The number of rotatable bonds is 9. The van der Waals surface area contributed by atoms with Crippen molar-refractivity contribution in [3.05, 3.63) is 0 Å². The van der Waals surface area contributed by atoms with Crippen molar-refractivity contribution in [1.29, 1.82) is 0 Å². The average Bonchev–Trinajstić information content (AvgIpc) is 2.93. The molecule has 0 heterocycles. The van der Waals surface area contributed by atoms with Crippen LogP contribution in [0.25, 0.3) is 0 Å². The first-order valence-electron chi connectivity index (χ1n) is 7.37. The molecule has 0 amide bonds. The molecular weight excluding hydrogens is 282 g/mol. The lowest BCUT2D eigenvalue weighted by atomic mass is 9.85. The van der Waals surface area contributed by atoms with E-state index in [0.29, 0.717) is 6.54 Å². The maximum absolute atomic E-state index is 10.7. The molecular formula is C13H25NO3S2. The fourth-order valence-corrected chi connectivity index (χ4v) is 4.23. The molecule has 0 aromatic rings. The second-order valence-electron chi connectivity index (χ2n) is 5.93. The Morgan fingerprint density at radius 2 is 2.11 bits per heavy atom. The minimum absolute atomic E-state index is 0.200. The number of hydrogen-bond donors (Lipinski definition) is 2. The number of unbranched alkanes of at least 4 members (excludes halogenated alkanes) is 1. The van der Waals surface area contributed by atoms with Crippen molar-refractivity contribution < 1.29 is 12.9 Å². The van der Waals surface area contributed by atoms with Gasteiger partial charge in [0.25, 0.3) is 9.05 Å². The highest BCUT2D eigenvalue weighted by atomic mass is 32.9. The van der Waals surface area contributed by atoms with Crippen molar-refractivity contribution in [2.24, 2.45) is 17.8 Å². The van der Waals surface area contributed by atoms with Crippen LogP contribution in [-0.2, 0) is 24.4 Å². The second-order valence-corrected chi connectivity index (χ2v) is 8.29. The predicted octanol–water partition coefficient (Wildman–Crippen LogP) is 2.33. The molecule has 2 fully saturated rings. The van der Waals surface area contributed by atoms with Crippen LogP contribution >= 0.6 is 0 Å². The molecule has 4 atom stereocenters. The van der Waals surface area contributed by atoms with Crippen molar-refractivity contribution >= 4 is 20.2 Å². The Bertz CT molecular complexity index is 372. The van der Waals surface area contributed by atoms with Gasteiger partial charge < -0.3 is 5.32 Å². The van der Waals surface area contributed by atoms with E-state index < -0.39 is 9.05 Å². The molecule has 0 aliphatic heterocycles. The summed E-state index contributed by atoms with van der Waals surface area (Å²) in [6.45, 7) is 1.74. The van der Waals surface area contributed by atoms with Gasteiger partial charge in [0.15, 0.2) is 0 Å². The Balaban J connectivity index is 1.41. The van der Waals surface area contributed by atoms with Gasteiger partial charge in [-0.05, 0) is 50.0 Å². The van der Waals surface area contributed by atoms with Crippen molar-refractivity contribution in [3.63, 3.8) is 0 Å². The molecule has 4 nitrogen and oxygen atoms in total. The summed E-state index contributed by atoms with van der Waals surface area (Å²) in [5.74, 6) is 3.09. The van der Waals surface area contributed by atoms with Gasteiger partial charge in [-0.2, -0.15) is 4.21 Å². The first kappa shape index (κ1) is 15.6. The zero-order chi connectivity index (χ0) is 13.7. The first-order valence-corrected chi connectivity index (χ1v) is 9.73. The summed E-state index contributed by atoms with van der Waals surface area (Å²) in [6.07, 6.45) is 9.80. The molecule has 2 bridgehead atoms. The topological polar surface area (TPSA) is 58.6 Å². The third kappa shape index (κ3) is 5.63. The minimum Gasteiger partial charge on any atom is -0.314 e. The van der Waals surface area contributed by atoms with Crippen LogP contribution in [0.5, 0.6) is 0 Å². The van der Waals surface area contributed by atoms with E-state index in [4.69, 9.17) is 4.55 Å². The van der Waals surface area contributed by atoms with E-state index in [0.717, 1.165) is 24.3 Å². The van der Waals surface area contributed by atoms with Crippen LogP contribution in [0, 0.1) is 17.8 Å². The van der Waals surface area contributed by atoms with Gasteiger partial charge in [-0.15, -0.1) is 0 Å². The van der Waals surface area contributed by atoms with E-state index in [1.165, 1.54) is 44.9 Å². The zero-order valence-corrected chi connectivity index (χ0v) is 13.0. The molecule has 2 aliphatic carbocycles. The van der Waals surface area contributed by atoms with E-state index in [9.17, 15) is 4.21 Å². The fraction of sp³-hybridized carbons (Fsp3) is 1.00. The summed E-state index contributed by atoms with van der Waals surface area (Å²) in [6, 6.07) is 0. The van der Waals surface area contributed by atoms with E-state index in [-0.39, 0.29) is 6.61 Å². The Morgan fingerprint density at radius 3 is 2.74 bits per heavy atom. The summed E-state index contributed by atoms with van der Waals surface area (Å²) in [4.78, 5) is 0. The average molecular weight is 307 g/mol. The lowest BCUT2D eigenvalue weighted by Crippen LogP contribution is -2.22. The number of nitrogens with one attached hydrogen (secondary N) is 1. The predicted molar refractivity (Wildman–Crippen MR) is 79.7 cm³/mol. The fourth-order valence-electron chi connectivity index (χ4n) is 3.73. The molecule has 3 unspecified atom stereocenters. The highest BCUT2D eigenvalue weighted by Gasteiger charge is 2.38. The minimum atomic E-state index is -3.44. The summed E-state index contributed by atoms with van der Waals surface area (Å²) in [5.41, 5.74) is 0. The van der Waals surface area contributed by atoms with Crippen LogP contribution in [0.3, 0.4) is 0 Å². The van der Waals surface area contributed by atoms with Gasteiger partial charge in [0.2, 0.25) is 0 Å². The molecule has 2 N–H and O–H groups in total. The Labute approximate surface area is 121 Å². The molecule has 0 aromatic heterocycles. The molecule has 2 rings (SSSR count). The van der Waals surface area contributed by atoms with Crippen LogP contribution in [0.1, 0.15) is 44.9 Å². The van der Waals surface area contributed by atoms with E-state index >= 15 is 0 Å². The van der Waals surface area contributed by atoms with E-state index in [1.807, 2.05) is 0 Å². The van der Waals surface area contributed by atoms with Crippen LogP contribution in [0.4, 0.5) is 0 Å². The molecule has 0 saturated heterocycles. The van der Waals surface area contributed by atoms with Crippen molar-refractivity contribution in [1.82, 2.24) is 5.32 Å². The van der Waals surface area contributed by atoms with Crippen molar-refractivity contribution in [2.45, 2.75) is 44.9 Å². The molecule has 112 valence electrons. The monoisotopic (exact) mass is 307 g/mol. The molecule has 0 spiro atoms. The van der Waals surface area contributed by atoms with Crippen LogP contribution < -0.4 is 5.32 Å². The van der Waals surface area contributed by atoms with Gasteiger partial charge in [0.1, 0.15) is 0 Å². The summed E-state index contributed by atoms with van der Waals surface area (Å²) < 4.78 is 24.0. The lowest BCUT2D eigenvalue weighted by molar-refractivity contribution is 0.296. The standard InChI is InChI=1S/C13H25NO3S2/c15-19(16,18)17-8-7-14-6-2-1-3-12-9-11-4-5-13(12)10-11/h11-14H,1-10H2,(H,15,16,18)/t11?,12?,13-/m0/s1. The quantitative estimate of drug-likeness (QED) is 0.640. The third-order valence-electron chi connectivity index (χ3n) is 4.57. The highest BCUT2D eigenvalue weighted by molar-refractivity contribution is 8.27. The summed E-state index contributed by atoms with van der Waals surface area (Å²) in [7, 11) is -3.44. The Kier molecular flexibility index (Phi) is 6.02. The highest BCUT2D eigenvalue weighted by Crippen LogP contribution is 2.49. The van der Waals surface area contributed by atoms with Crippen molar-refractivity contribution in [3.8, 4) is 0 Å². The first-order chi connectivity index (χ1) is 9.04. The summed E-state index contributed by atoms with van der Waals surface area (Å²) >= 11 is 4.23. The Morgan fingerprint density at radius 1 is 1.26 bits per heavy atom. The molecule has 19 heavy (non-hydrogen) atoms. The lowest BCUT2D eigenvalue weighted by Gasteiger charge is -2.21.